The monoisotopic (exact) mass is 711 g/mol. The normalized spacial score (nSPS) is 14.0. The number of phosphoric ester groups is 1. The fraction of sp³-hybridized carbons (Fsp3) is 0.744. The van der Waals surface area contributed by atoms with Gasteiger partial charge in [-0.15, -0.1) is 0 Å². The molecule has 284 valence electrons. The quantitative estimate of drug-likeness (QED) is 0.0285. The van der Waals surface area contributed by atoms with Crippen molar-refractivity contribution in [1.82, 2.24) is 0 Å². The Hall–Kier alpha value is -2.03. The maximum atomic E-state index is 12.5. The highest BCUT2D eigenvalue weighted by Gasteiger charge is 2.25. The van der Waals surface area contributed by atoms with Crippen LogP contribution in [0.2, 0.25) is 0 Å². The smallest absolute Gasteiger partial charge is 0.462 e. The van der Waals surface area contributed by atoms with E-state index < -0.39 is 32.5 Å². The molecular weight excluding hydrogens is 641 g/mol. The molecule has 0 aliphatic carbocycles. The van der Waals surface area contributed by atoms with Crippen molar-refractivity contribution in [3.8, 4) is 0 Å². The summed E-state index contributed by atoms with van der Waals surface area (Å²) in [6.45, 7) is 3.55. The van der Waals surface area contributed by atoms with Crippen LogP contribution in [0.4, 0.5) is 0 Å². The van der Waals surface area contributed by atoms with Crippen molar-refractivity contribution in [2.24, 2.45) is 5.73 Å². The van der Waals surface area contributed by atoms with Gasteiger partial charge in [0.1, 0.15) is 6.61 Å². The van der Waals surface area contributed by atoms with Crippen molar-refractivity contribution < 1.29 is 37.6 Å². The summed E-state index contributed by atoms with van der Waals surface area (Å²) < 4.78 is 32.6. The Bertz CT molecular complexity index is 949. The number of carbonyl (C=O) groups excluding carboxylic acids is 2. The number of allylic oxidation sites excluding steroid dienone is 8. The molecule has 49 heavy (non-hydrogen) atoms. The molecule has 2 unspecified atom stereocenters. The van der Waals surface area contributed by atoms with E-state index in [1.165, 1.54) is 64.2 Å². The van der Waals surface area contributed by atoms with Gasteiger partial charge in [0.2, 0.25) is 0 Å². The van der Waals surface area contributed by atoms with Crippen molar-refractivity contribution in [2.45, 2.75) is 161 Å². The molecule has 0 spiro atoms. The summed E-state index contributed by atoms with van der Waals surface area (Å²) in [7, 11) is -4.38. The molecule has 10 heteroatoms. The Labute approximate surface area is 298 Å². The lowest BCUT2D eigenvalue weighted by Gasteiger charge is -2.19. The summed E-state index contributed by atoms with van der Waals surface area (Å²) in [4.78, 5) is 34.7. The zero-order valence-electron chi connectivity index (χ0n) is 30.9. The van der Waals surface area contributed by atoms with E-state index in [0.29, 0.717) is 6.42 Å². The second kappa shape index (κ2) is 35.8. The number of unbranched alkanes of at least 4 members (excludes halogenated alkanes) is 14. The summed E-state index contributed by atoms with van der Waals surface area (Å²) in [6, 6.07) is 0. The number of ether oxygens (including phenoxy) is 2. The van der Waals surface area contributed by atoms with Gasteiger partial charge in [0, 0.05) is 19.4 Å². The van der Waals surface area contributed by atoms with Gasteiger partial charge in [-0.05, 0) is 51.4 Å². The van der Waals surface area contributed by atoms with Gasteiger partial charge in [0.15, 0.2) is 6.10 Å². The third-order valence-corrected chi connectivity index (χ3v) is 8.71. The highest BCUT2D eigenvalue weighted by atomic mass is 31.2. The Morgan fingerprint density at radius 3 is 1.67 bits per heavy atom. The first-order valence-corrected chi connectivity index (χ1v) is 20.6. The van der Waals surface area contributed by atoms with Gasteiger partial charge in [0.25, 0.3) is 0 Å². The van der Waals surface area contributed by atoms with E-state index in [9.17, 15) is 19.0 Å². The predicted molar refractivity (Wildman–Crippen MR) is 201 cm³/mol. The second-order valence-electron chi connectivity index (χ2n) is 12.4. The van der Waals surface area contributed by atoms with Crippen molar-refractivity contribution in [2.75, 3.05) is 26.4 Å². The van der Waals surface area contributed by atoms with E-state index in [2.05, 4.69) is 62.5 Å². The Kier molecular flexibility index (Phi) is 34.3. The first-order valence-electron chi connectivity index (χ1n) is 19.1. The van der Waals surface area contributed by atoms with E-state index in [0.717, 1.165) is 57.8 Å². The zero-order valence-corrected chi connectivity index (χ0v) is 31.8. The third kappa shape index (κ3) is 35.6. The molecule has 0 heterocycles. The molecule has 0 aliphatic heterocycles. The molecule has 0 saturated heterocycles. The lowest BCUT2D eigenvalue weighted by molar-refractivity contribution is -0.161. The van der Waals surface area contributed by atoms with Crippen molar-refractivity contribution in [1.29, 1.82) is 0 Å². The molecule has 2 atom stereocenters. The molecule has 0 radical (unpaired) electrons. The minimum absolute atomic E-state index is 0.0457. The van der Waals surface area contributed by atoms with Crippen LogP contribution in [0.15, 0.2) is 48.6 Å². The van der Waals surface area contributed by atoms with Crippen LogP contribution in [0.25, 0.3) is 0 Å². The minimum Gasteiger partial charge on any atom is -0.462 e. The average molecular weight is 712 g/mol. The van der Waals surface area contributed by atoms with Crippen LogP contribution in [-0.4, -0.2) is 49.3 Å². The molecule has 0 rings (SSSR count). The standard InChI is InChI=1S/C39H70NO8P/c1-3-5-7-9-11-13-15-17-18-20-22-24-26-28-30-32-39(42)48-37(36-47-49(43,44)46-34-33-40)35-45-38(41)31-29-27-25-23-21-19-16-14-12-10-8-6-4-2/h5,7,11,13,17-18,22,24,37H,3-4,6,8-10,12,14-16,19-21,23,25-36,40H2,1-2H3,(H,43,44). The zero-order chi connectivity index (χ0) is 36.1. The summed E-state index contributed by atoms with van der Waals surface area (Å²) in [6.07, 6.45) is 38.6. The molecule has 0 aromatic heterocycles. The Morgan fingerprint density at radius 1 is 0.633 bits per heavy atom. The number of esters is 2. The highest BCUT2D eigenvalue weighted by Crippen LogP contribution is 2.43. The SMILES string of the molecule is CCC=CCC=CCC=CCC=CCCCCC(=O)OC(COC(=O)CCCCCCCCCCCCCCC)COP(=O)(O)OCCN. The maximum Gasteiger partial charge on any atom is 0.472 e. The topological polar surface area (TPSA) is 134 Å². The predicted octanol–water partition coefficient (Wildman–Crippen LogP) is 10.4. The first kappa shape index (κ1) is 47.0. The lowest BCUT2D eigenvalue weighted by Crippen LogP contribution is -2.29. The number of rotatable bonds is 35. The van der Waals surface area contributed by atoms with Gasteiger partial charge in [-0.2, -0.15) is 0 Å². The van der Waals surface area contributed by atoms with E-state index >= 15 is 0 Å². The average Bonchev–Trinajstić information content (AvgIpc) is 3.08. The summed E-state index contributed by atoms with van der Waals surface area (Å²) in [5.74, 6) is -0.879. The largest absolute Gasteiger partial charge is 0.472 e. The minimum atomic E-state index is -4.38. The van der Waals surface area contributed by atoms with Crippen molar-refractivity contribution >= 4 is 19.8 Å². The van der Waals surface area contributed by atoms with Crippen LogP contribution in [-0.2, 0) is 32.7 Å². The van der Waals surface area contributed by atoms with Crippen LogP contribution >= 0.6 is 7.82 Å². The molecule has 0 amide bonds. The number of hydrogen-bond acceptors (Lipinski definition) is 8. The van der Waals surface area contributed by atoms with Gasteiger partial charge in [-0.1, -0.05) is 140 Å². The molecule has 0 aromatic carbocycles. The van der Waals surface area contributed by atoms with E-state index in [1.807, 2.05) is 0 Å². The molecule has 0 saturated carbocycles. The fourth-order valence-electron chi connectivity index (χ4n) is 4.92. The molecular formula is C39H70NO8P. The number of phosphoric acid groups is 1. The summed E-state index contributed by atoms with van der Waals surface area (Å²) >= 11 is 0. The van der Waals surface area contributed by atoms with Crippen LogP contribution in [0.5, 0.6) is 0 Å². The van der Waals surface area contributed by atoms with Crippen LogP contribution in [0, 0.1) is 0 Å². The number of hydrogen-bond donors (Lipinski definition) is 2. The van der Waals surface area contributed by atoms with E-state index in [4.69, 9.17) is 24.3 Å². The van der Waals surface area contributed by atoms with Gasteiger partial charge in [-0.25, -0.2) is 4.57 Å². The molecule has 9 nitrogen and oxygen atoms in total. The molecule has 0 bridgehead atoms. The van der Waals surface area contributed by atoms with Gasteiger partial charge < -0.3 is 20.1 Å². The lowest BCUT2D eigenvalue weighted by atomic mass is 10.0. The van der Waals surface area contributed by atoms with Crippen LogP contribution in [0.3, 0.4) is 0 Å². The summed E-state index contributed by atoms with van der Waals surface area (Å²) in [5.41, 5.74) is 5.33. The maximum absolute atomic E-state index is 12.5. The van der Waals surface area contributed by atoms with Gasteiger partial charge >= 0.3 is 19.8 Å². The number of nitrogens with two attached hydrogens (primary N) is 1. The molecule has 0 aliphatic rings. The van der Waals surface area contributed by atoms with E-state index in [1.54, 1.807) is 0 Å². The number of carbonyl (C=O) groups is 2. The summed E-state index contributed by atoms with van der Waals surface area (Å²) in [5, 5.41) is 0. The Morgan fingerprint density at radius 2 is 1.12 bits per heavy atom. The molecule has 0 fully saturated rings. The van der Waals surface area contributed by atoms with Crippen molar-refractivity contribution in [3.63, 3.8) is 0 Å². The van der Waals surface area contributed by atoms with Crippen molar-refractivity contribution in [3.05, 3.63) is 48.6 Å². The molecule has 0 aromatic rings. The first-order chi connectivity index (χ1) is 23.8. The van der Waals surface area contributed by atoms with Gasteiger partial charge in [0.05, 0.1) is 13.2 Å². The molecule has 3 N–H and O–H groups in total. The highest BCUT2D eigenvalue weighted by molar-refractivity contribution is 7.47. The second-order valence-corrected chi connectivity index (χ2v) is 13.9. The van der Waals surface area contributed by atoms with Crippen LogP contribution in [0.1, 0.15) is 155 Å². The van der Waals surface area contributed by atoms with Crippen LogP contribution < -0.4 is 5.73 Å². The third-order valence-electron chi connectivity index (χ3n) is 7.73. The van der Waals surface area contributed by atoms with Gasteiger partial charge in [-0.3, -0.25) is 18.6 Å². The fourth-order valence-corrected chi connectivity index (χ4v) is 5.68. The Balaban J connectivity index is 4.30. The van der Waals surface area contributed by atoms with E-state index in [-0.39, 0.29) is 32.6 Å².